The van der Waals surface area contributed by atoms with Crippen molar-refractivity contribution in [2.75, 3.05) is 26.7 Å². The van der Waals surface area contributed by atoms with Crippen LogP contribution in [0.1, 0.15) is 36.0 Å². The van der Waals surface area contributed by atoms with E-state index in [9.17, 15) is 4.79 Å². The van der Waals surface area contributed by atoms with Crippen LogP contribution in [0, 0.1) is 0 Å². The van der Waals surface area contributed by atoms with Gasteiger partial charge in [-0.3, -0.25) is 4.79 Å². The maximum absolute atomic E-state index is 12.6. The first-order chi connectivity index (χ1) is 12.7. The molecule has 1 amide bonds. The van der Waals surface area contributed by atoms with E-state index >= 15 is 0 Å². The van der Waals surface area contributed by atoms with Crippen molar-refractivity contribution in [1.29, 1.82) is 0 Å². The van der Waals surface area contributed by atoms with Gasteiger partial charge < -0.3 is 19.5 Å². The fourth-order valence-electron chi connectivity index (χ4n) is 3.83. The standard InChI is InChI=1S/C19H25N5O2.ClH/c1-26-16-4-2-14(3-5-16)12-18(25)23-9-6-15(7-10-23)19-22-21-17-13-20-8-11-24(17)19;/h2-5,15,20H,6-13H2,1H3;1H. The Balaban J connectivity index is 0.00000210. The van der Waals surface area contributed by atoms with Crippen molar-refractivity contribution >= 4 is 18.3 Å². The van der Waals surface area contributed by atoms with E-state index < -0.39 is 0 Å². The highest BCUT2D eigenvalue weighted by Gasteiger charge is 2.28. The van der Waals surface area contributed by atoms with Crippen LogP contribution in [-0.2, 0) is 24.3 Å². The molecule has 0 unspecified atom stereocenters. The zero-order chi connectivity index (χ0) is 17.9. The molecule has 0 spiro atoms. The monoisotopic (exact) mass is 391 g/mol. The van der Waals surface area contributed by atoms with E-state index in [1.807, 2.05) is 29.2 Å². The fraction of sp³-hybridized carbons (Fsp3) is 0.526. The third-order valence-corrected chi connectivity index (χ3v) is 5.38. The number of benzene rings is 1. The number of fused-ring (bicyclic) bond motifs is 1. The van der Waals surface area contributed by atoms with E-state index in [2.05, 4.69) is 20.1 Å². The lowest BCUT2D eigenvalue weighted by Gasteiger charge is -2.32. The van der Waals surface area contributed by atoms with Crippen molar-refractivity contribution in [3.05, 3.63) is 41.5 Å². The second kappa shape index (κ2) is 8.71. The predicted octanol–water partition coefficient (Wildman–Crippen LogP) is 1.76. The lowest BCUT2D eigenvalue weighted by atomic mass is 9.95. The topological polar surface area (TPSA) is 72.3 Å². The maximum Gasteiger partial charge on any atom is 0.226 e. The maximum atomic E-state index is 12.6. The summed E-state index contributed by atoms with van der Waals surface area (Å²) in [5, 5.41) is 12.1. The van der Waals surface area contributed by atoms with Crippen molar-refractivity contribution in [3.63, 3.8) is 0 Å². The lowest BCUT2D eigenvalue weighted by Crippen LogP contribution is -2.39. The molecule has 0 bridgehead atoms. The smallest absolute Gasteiger partial charge is 0.226 e. The number of nitrogens with one attached hydrogen (secondary N) is 1. The molecule has 3 heterocycles. The number of hydrogen-bond acceptors (Lipinski definition) is 5. The van der Waals surface area contributed by atoms with Crippen LogP contribution in [0.2, 0.25) is 0 Å². The minimum Gasteiger partial charge on any atom is -0.497 e. The quantitative estimate of drug-likeness (QED) is 0.859. The van der Waals surface area contributed by atoms with Gasteiger partial charge in [-0.15, -0.1) is 22.6 Å². The van der Waals surface area contributed by atoms with Gasteiger partial charge in [-0.1, -0.05) is 12.1 Å². The van der Waals surface area contributed by atoms with Gasteiger partial charge in [0.2, 0.25) is 5.91 Å². The van der Waals surface area contributed by atoms with E-state index in [1.54, 1.807) is 7.11 Å². The van der Waals surface area contributed by atoms with Gasteiger partial charge in [0.05, 0.1) is 20.1 Å². The Morgan fingerprint density at radius 3 is 2.63 bits per heavy atom. The number of likely N-dealkylation sites (tertiary alicyclic amines) is 1. The van der Waals surface area contributed by atoms with Gasteiger partial charge in [0, 0.05) is 32.1 Å². The molecule has 8 heteroatoms. The summed E-state index contributed by atoms with van der Waals surface area (Å²) < 4.78 is 7.42. The van der Waals surface area contributed by atoms with Crippen LogP contribution in [0.25, 0.3) is 0 Å². The van der Waals surface area contributed by atoms with Gasteiger partial charge in [0.15, 0.2) is 0 Å². The summed E-state index contributed by atoms with van der Waals surface area (Å²) in [7, 11) is 1.65. The van der Waals surface area contributed by atoms with Gasteiger partial charge in [0.25, 0.3) is 0 Å². The molecule has 1 saturated heterocycles. The molecule has 2 aromatic rings. The Morgan fingerprint density at radius 1 is 1.19 bits per heavy atom. The van der Waals surface area contributed by atoms with E-state index in [0.717, 1.165) is 68.5 Å². The normalized spacial score (nSPS) is 17.1. The molecule has 1 fully saturated rings. The van der Waals surface area contributed by atoms with Crippen LogP contribution in [0.3, 0.4) is 0 Å². The molecule has 7 nitrogen and oxygen atoms in total. The number of carbonyl (C=O) groups excluding carboxylic acids is 1. The Labute approximate surface area is 165 Å². The molecule has 2 aliphatic heterocycles. The summed E-state index contributed by atoms with van der Waals surface area (Å²) in [6.45, 7) is 4.29. The Bertz CT molecular complexity index is 769. The molecule has 1 aromatic heterocycles. The highest BCUT2D eigenvalue weighted by atomic mass is 35.5. The minimum atomic E-state index is 0. The van der Waals surface area contributed by atoms with Crippen molar-refractivity contribution in [3.8, 4) is 5.75 Å². The summed E-state index contributed by atoms with van der Waals surface area (Å²) >= 11 is 0. The number of rotatable bonds is 4. The third-order valence-electron chi connectivity index (χ3n) is 5.38. The average molecular weight is 392 g/mol. The number of halogens is 1. The Hall–Kier alpha value is -2.12. The molecule has 4 rings (SSSR count). The number of carbonyl (C=O) groups is 1. The Morgan fingerprint density at radius 2 is 1.93 bits per heavy atom. The lowest BCUT2D eigenvalue weighted by molar-refractivity contribution is -0.131. The average Bonchev–Trinajstić information content (AvgIpc) is 3.13. The first-order valence-corrected chi connectivity index (χ1v) is 9.28. The largest absolute Gasteiger partial charge is 0.497 e. The molecule has 0 saturated carbocycles. The fourth-order valence-corrected chi connectivity index (χ4v) is 3.83. The molecule has 1 N–H and O–H groups in total. The molecule has 27 heavy (non-hydrogen) atoms. The number of ether oxygens (including phenoxy) is 1. The third kappa shape index (κ3) is 4.25. The molecular formula is C19H26ClN5O2. The van der Waals surface area contributed by atoms with E-state index in [4.69, 9.17) is 4.74 Å². The summed E-state index contributed by atoms with van der Waals surface area (Å²) in [5.41, 5.74) is 1.02. The number of aromatic nitrogens is 3. The summed E-state index contributed by atoms with van der Waals surface area (Å²) in [4.78, 5) is 14.6. The minimum absolute atomic E-state index is 0. The molecule has 0 radical (unpaired) electrons. The van der Waals surface area contributed by atoms with Crippen LogP contribution >= 0.6 is 12.4 Å². The van der Waals surface area contributed by atoms with Crippen LogP contribution < -0.4 is 10.1 Å². The van der Waals surface area contributed by atoms with Gasteiger partial charge in [-0.2, -0.15) is 0 Å². The van der Waals surface area contributed by atoms with E-state index in [0.29, 0.717) is 12.3 Å². The van der Waals surface area contributed by atoms with Crippen molar-refractivity contribution in [1.82, 2.24) is 25.0 Å². The summed E-state index contributed by atoms with van der Waals surface area (Å²) in [5.74, 6) is 3.54. The molecular weight excluding hydrogens is 366 g/mol. The number of amides is 1. The van der Waals surface area contributed by atoms with Crippen LogP contribution in [0.15, 0.2) is 24.3 Å². The van der Waals surface area contributed by atoms with E-state index in [-0.39, 0.29) is 18.3 Å². The van der Waals surface area contributed by atoms with Gasteiger partial charge in [0.1, 0.15) is 17.4 Å². The highest BCUT2D eigenvalue weighted by molar-refractivity contribution is 5.85. The second-order valence-electron chi connectivity index (χ2n) is 6.98. The number of hydrogen-bond donors (Lipinski definition) is 1. The highest BCUT2D eigenvalue weighted by Crippen LogP contribution is 2.28. The molecule has 0 atom stereocenters. The zero-order valence-electron chi connectivity index (χ0n) is 15.6. The predicted molar refractivity (Wildman–Crippen MR) is 104 cm³/mol. The van der Waals surface area contributed by atoms with Gasteiger partial charge >= 0.3 is 0 Å². The first-order valence-electron chi connectivity index (χ1n) is 9.28. The van der Waals surface area contributed by atoms with Crippen LogP contribution in [-0.4, -0.2) is 52.3 Å². The summed E-state index contributed by atoms with van der Waals surface area (Å²) in [6.07, 6.45) is 2.36. The van der Waals surface area contributed by atoms with Gasteiger partial charge in [-0.25, -0.2) is 0 Å². The van der Waals surface area contributed by atoms with Crippen LogP contribution in [0.4, 0.5) is 0 Å². The number of nitrogens with zero attached hydrogens (tertiary/aromatic N) is 4. The van der Waals surface area contributed by atoms with E-state index in [1.165, 1.54) is 0 Å². The SMILES string of the molecule is COc1ccc(CC(=O)N2CCC(c3nnc4n3CCNC4)CC2)cc1.Cl. The molecule has 0 aliphatic carbocycles. The van der Waals surface area contributed by atoms with Gasteiger partial charge in [-0.05, 0) is 30.5 Å². The molecule has 2 aliphatic rings. The van der Waals surface area contributed by atoms with Crippen molar-refractivity contribution in [2.45, 2.75) is 38.3 Å². The second-order valence-corrected chi connectivity index (χ2v) is 6.98. The number of methoxy groups -OCH3 is 1. The number of piperidine rings is 1. The van der Waals surface area contributed by atoms with Crippen molar-refractivity contribution in [2.24, 2.45) is 0 Å². The van der Waals surface area contributed by atoms with Crippen molar-refractivity contribution < 1.29 is 9.53 Å². The molecule has 146 valence electrons. The summed E-state index contributed by atoms with van der Waals surface area (Å²) in [6, 6.07) is 7.72. The van der Waals surface area contributed by atoms with Crippen LogP contribution in [0.5, 0.6) is 5.75 Å². The first kappa shape index (κ1) is 19.6. The zero-order valence-corrected chi connectivity index (χ0v) is 16.4. The molecule has 1 aromatic carbocycles. The Kier molecular flexibility index (Phi) is 6.34.